The minimum absolute atomic E-state index is 0.416. The molecule has 1 aromatic carbocycles. The van der Waals surface area contributed by atoms with Crippen LogP contribution in [0.5, 0.6) is 0 Å². The summed E-state index contributed by atoms with van der Waals surface area (Å²) in [6.45, 7) is 8.11. The number of anilines is 2. The van der Waals surface area contributed by atoms with Crippen LogP contribution in [0, 0.1) is 5.92 Å². The van der Waals surface area contributed by atoms with Crippen molar-refractivity contribution in [2.24, 2.45) is 5.92 Å². The van der Waals surface area contributed by atoms with Crippen molar-refractivity contribution in [2.45, 2.75) is 13.8 Å². The van der Waals surface area contributed by atoms with E-state index in [-0.39, 0.29) is 0 Å². The number of allylic oxidation sites excluding steroid dienone is 1. The van der Waals surface area contributed by atoms with Crippen molar-refractivity contribution in [2.75, 3.05) is 11.1 Å². The second-order valence-electron chi connectivity index (χ2n) is 3.39. The van der Waals surface area contributed by atoms with Crippen LogP contribution in [-0.4, -0.2) is 0 Å². The molecule has 2 nitrogen and oxygen atoms in total. The van der Waals surface area contributed by atoms with Gasteiger partial charge < -0.3 is 11.1 Å². The monoisotopic (exact) mass is 176 g/mol. The molecule has 0 aliphatic rings. The van der Waals surface area contributed by atoms with Crippen LogP contribution in [0.4, 0.5) is 11.4 Å². The number of nitrogen functional groups attached to an aromatic ring is 1. The molecule has 70 valence electrons. The first-order valence-electron chi connectivity index (χ1n) is 4.41. The Bertz CT molecular complexity index is 303. The first-order valence-corrected chi connectivity index (χ1v) is 4.41. The Morgan fingerprint density at radius 3 is 2.54 bits per heavy atom. The maximum atomic E-state index is 5.77. The van der Waals surface area contributed by atoms with Gasteiger partial charge in [0.05, 0.1) is 11.4 Å². The SMILES string of the molecule is C=C(Nc1ccccc1N)C(C)C. The van der Waals surface area contributed by atoms with Gasteiger partial charge in [0.15, 0.2) is 0 Å². The van der Waals surface area contributed by atoms with Crippen LogP contribution in [0.25, 0.3) is 0 Å². The second-order valence-corrected chi connectivity index (χ2v) is 3.39. The molecule has 0 amide bonds. The lowest BCUT2D eigenvalue weighted by molar-refractivity contribution is 0.778. The standard InChI is InChI=1S/C11H16N2/c1-8(2)9(3)13-11-7-5-4-6-10(11)12/h4-8,13H,3,12H2,1-2H3. The van der Waals surface area contributed by atoms with Gasteiger partial charge in [-0.3, -0.25) is 0 Å². The highest BCUT2D eigenvalue weighted by Gasteiger charge is 2.01. The largest absolute Gasteiger partial charge is 0.397 e. The van der Waals surface area contributed by atoms with Crippen molar-refractivity contribution in [3.63, 3.8) is 0 Å². The molecule has 0 aliphatic carbocycles. The predicted octanol–water partition coefficient (Wildman–Crippen LogP) is 2.85. The minimum atomic E-state index is 0.416. The first kappa shape index (κ1) is 9.65. The van der Waals surface area contributed by atoms with Crippen LogP contribution in [-0.2, 0) is 0 Å². The van der Waals surface area contributed by atoms with Gasteiger partial charge in [-0.2, -0.15) is 0 Å². The minimum Gasteiger partial charge on any atom is -0.397 e. The maximum absolute atomic E-state index is 5.77. The van der Waals surface area contributed by atoms with Crippen molar-refractivity contribution in [1.82, 2.24) is 0 Å². The highest BCUT2D eigenvalue weighted by atomic mass is 14.9. The van der Waals surface area contributed by atoms with E-state index in [9.17, 15) is 0 Å². The van der Waals surface area contributed by atoms with E-state index in [4.69, 9.17) is 5.73 Å². The molecule has 0 fully saturated rings. The number of hydrogen-bond donors (Lipinski definition) is 2. The van der Waals surface area contributed by atoms with Crippen LogP contribution in [0.1, 0.15) is 13.8 Å². The molecule has 2 heteroatoms. The van der Waals surface area contributed by atoms with Crippen LogP contribution < -0.4 is 11.1 Å². The van der Waals surface area contributed by atoms with Gasteiger partial charge in [0.1, 0.15) is 0 Å². The lowest BCUT2D eigenvalue weighted by atomic mass is 10.1. The molecule has 0 aromatic heterocycles. The fourth-order valence-corrected chi connectivity index (χ4v) is 0.928. The van der Waals surface area contributed by atoms with E-state index in [1.54, 1.807) is 0 Å². The van der Waals surface area contributed by atoms with Gasteiger partial charge in [0, 0.05) is 5.70 Å². The van der Waals surface area contributed by atoms with E-state index in [0.717, 1.165) is 17.1 Å². The summed E-state index contributed by atoms with van der Waals surface area (Å²) in [6, 6.07) is 7.68. The van der Waals surface area contributed by atoms with E-state index < -0.39 is 0 Å². The van der Waals surface area contributed by atoms with E-state index in [1.807, 2.05) is 24.3 Å². The molecule has 3 N–H and O–H groups in total. The molecule has 1 rings (SSSR count). The smallest absolute Gasteiger partial charge is 0.0615 e. The summed E-state index contributed by atoms with van der Waals surface area (Å²) in [7, 11) is 0. The van der Waals surface area contributed by atoms with Gasteiger partial charge in [-0.05, 0) is 18.1 Å². The van der Waals surface area contributed by atoms with Gasteiger partial charge in [0.2, 0.25) is 0 Å². The summed E-state index contributed by atoms with van der Waals surface area (Å²) in [5.74, 6) is 0.416. The van der Waals surface area contributed by atoms with Gasteiger partial charge in [-0.15, -0.1) is 0 Å². The molecular weight excluding hydrogens is 160 g/mol. The number of para-hydroxylation sites is 2. The van der Waals surface area contributed by atoms with Crippen LogP contribution in [0.3, 0.4) is 0 Å². The van der Waals surface area contributed by atoms with Crippen molar-refractivity contribution < 1.29 is 0 Å². The summed E-state index contributed by atoms with van der Waals surface area (Å²) in [5.41, 5.74) is 8.44. The summed E-state index contributed by atoms with van der Waals surface area (Å²) in [5, 5.41) is 3.19. The normalized spacial score (nSPS) is 10.1. The Hall–Kier alpha value is -1.44. The Morgan fingerprint density at radius 2 is 2.00 bits per heavy atom. The lowest BCUT2D eigenvalue weighted by Crippen LogP contribution is -2.06. The van der Waals surface area contributed by atoms with Gasteiger partial charge in [-0.1, -0.05) is 32.6 Å². The molecule has 1 aromatic rings. The zero-order chi connectivity index (χ0) is 9.84. The Labute approximate surface area is 79.5 Å². The van der Waals surface area contributed by atoms with E-state index in [0.29, 0.717) is 5.92 Å². The maximum Gasteiger partial charge on any atom is 0.0615 e. The topological polar surface area (TPSA) is 38.0 Å². The molecule has 0 radical (unpaired) electrons. The Morgan fingerprint density at radius 1 is 1.38 bits per heavy atom. The van der Waals surface area contributed by atoms with E-state index >= 15 is 0 Å². The fourth-order valence-electron chi connectivity index (χ4n) is 0.928. The molecule has 0 heterocycles. The molecule has 13 heavy (non-hydrogen) atoms. The Kier molecular flexibility index (Phi) is 2.96. The van der Waals surface area contributed by atoms with Gasteiger partial charge >= 0.3 is 0 Å². The third-order valence-corrected chi connectivity index (χ3v) is 1.95. The van der Waals surface area contributed by atoms with Gasteiger partial charge in [-0.25, -0.2) is 0 Å². The number of hydrogen-bond acceptors (Lipinski definition) is 2. The highest BCUT2D eigenvalue weighted by molar-refractivity contribution is 5.67. The van der Waals surface area contributed by atoms with Crippen LogP contribution >= 0.6 is 0 Å². The summed E-state index contributed by atoms with van der Waals surface area (Å²) >= 11 is 0. The summed E-state index contributed by atoms with van der Waals surface area (Å²) in [6.07, 6.45) is 0. The fraction of sp³-hybridized carbons (Fsp3) is 0.273. The third-order valence-electron chi connectivity index (χ3n) is 1.95. The highest BCUT2D eigenvalue weighted by Crippen LogP contribution is 2.20. The molecule has 0 aliphatic heterocycles. The molecule has 0 bridgehead atoms. The average molecular weight is 176 g/mol. The third kappa shape index (κ3) is 2.51. The van der Waals surface area contributed by atoms with Crippen molar-refractivity contribution in [3.8, 4) is 0 Å². The summed E-state index contributed by atoms with van der Waals surface area (Å²) < 4.78 is 0. The molecule has 0 spiro atoms. The summed E-state index contributed by atoms with van der Waals surface area (Å²) in [4.78, 5) is 0. The molecule has 0 saturated heterocycles. The second kappa shape index (κ2) is 3.99. The van der Waals surface area contributed by atoms with Gasteiger partial charge in [0.25, 0.3) is 0 Å². The quantitative estimate of drug-likeness (QED) is 0.695. The first-order chi connectivity index (χ1) is 6.11. The predicted molar refractivity (Wildman–Crippen MR) is 58.5 cm³/mol. The molecule has 0 atom stereocenters. The van der Waals surface area contributed by atoms with Crippen molar-refractivity contribution in [1.29, 1.82) is 0 Å². The van der Waals surface area contributed by atoms with E-state index in [1.165, 1.54) is 0 Å². The average Bonchev–Trinajstić information content (AvgIpc) is 2.08. The molecule has 0 saturated carbocycles. The van der Waals surface area contributed by atoms with Crippen LogP contribution in [0.2, 0.25) is 0 Å². The number of nitrogens with one attached hydrogen (secondary N) is 1. The lowest BCUT2D eigenvalue weighted by Gasteiger charge is -2.13. The van der Waals surface area contributed by atoms with Crippen molar-refractivity contribution >= 4 is 11.4 Å². The molecular formula is C11H16N2. The zero-order valence-electron chi connectivity index (χ0n) is 8.17. The van der Waals surface area contributed by atoms with Crippen molar-refractivity contribution in [3.05, 3.63) is 36.5 Å². The number of rotatable bonds is 3. The van der Waals surface area contributed by atoms with E-state index in [2.05, 4.69) is 25.7 Å². The number of nitrogens with two attached hydrogens (primary N) is 1. The zero-order valence-corrected chi connectivity index (χ0v) is 8.17. The molecule has 0 unspecified atom stereocenters. The number of benzene rings is 1. The Balaban J connectivity index is 2.75. The van der Waals surface area contributed by atoms with Crippen LogP contribution in [0.15, 0.2) is 36.5 Å².